The molecule has 0 bridgehead atoms. The van der Waals surface area contributed by atoms with E-state index >= 15 is 0 Å². The second-order valence-corrected chi connectivity index (χ2v) is 8.11. The van der Waals surface area contributed by atoms with E-state index in [2.05, 4.69) is 15.4 Å². The van der Waals surface area contributed by atoms with Crippen LogP contribution in [0.15, 0.2) is 36.7 Å². The number of amides is 1. The summed E-state index contributed by atoms with van der Waals surface area (Å²) < 4.78 is 7.95. The minimum atomic E-state index is -0.283. The first kappa shape index (κ1) is 18.1. The van der Waals surface area contributed by atoms with Gasteiger partial charge in [0.15, 0.2) is 5.82 Å². The molecule has 0 aliphatic heterocycles. The van der Waals surface area contributed by atoms with Crippen molar-refractivity contribution in [3.05, 3.63) is 42.4 Å². The molecule has 2 saturated carbocycles. The maximum atomic E-state index is 12.0. The second kappa shape index (κ2) is 7.15. The number of carbonyl (C=O) groups is 1. The molecule has 3 heterocycles. The zero-order valence-electron chi connectivity index (χ0n) is 16.3. The molecule has 7 nitrogen and oxygen atoms in total. The number of nitrogens with one attached hydrogen (secondary N) is 1. The molecule has 0 radical (unpaired) electrons. The molecule has 2 aliphatic carbocycles. The van der Waals surface area contributed by atoms with Gasteiger partial charge in [-0.3, -0.25) is 9.78 Å². The van der Waals surface area contributed by atoms with Gasteiger partial charge in [-0.25, -0.2) is 4.52 Å². The van der Waals surface area contributed by atoms with Gasteiger partial charge in [0.2, 0.25) is 5.91 Å². The zero-order valence-corrected chi connectivity index (χ0v) is 16.3. The van der Waals surface area contributed by atoms with Gasteiger partial charge in [0.1, 0.15) is 11.9 Å². The number of aliphatic hydroxyl groups is 1. The second-order valence-electron chi connectivity index (χ2n) is 8.11. The largest absolute Gasteiger partial charge is 0.488 e. The van der Waals surface area contributed by atoms with Crippen LogP contribution in [0, 0.1) is 12.8 Å². The van der Waals surface area contributed by atoms with Gasteiger partial charge < -0.3 is 15.2 Å². The topological polar surface area (TPSA) is 88.8 Å². The van der Waals surface area contributed by atoms with Crippen molar-refractivity contribution in [2.45, 2.75) is 51.2 Å². The third-order valence-corrected chi connectivity index (χ3v) is 5.63. The summed E-state index contributed by atoms with van der Waals surface area (Å²) in [4.78, 5) is 16.4. The summed E-state index contributed by atoms with van der Waals surface area (Å²) in [5, 5.41) is 17.1. The number of aryl methyl sites for hydroxylation is 1. The van der Waals surface area contributed by atoms with E-state index in [0.29, 0.717) is 12.2 Å². The number of pyridine rings is 2. The minimum Gasteiger partial charge on any atom is -0.488 e. The lowest BCUT2D eigenvalue weighted by Gasteiger charge is -2.17. The maximum absolute atomic E-state index is 12.0. The number of rotatable bonds is 5. The highest BCUT2D eigenvalue weighted by Gasteiger charge is 2.30. The van der Waals surface area contributed by atoms with Crippen LogP contribution in [0.2, 0.25) is 0 Å². The van der Waals surface area contributed by atoms with E-state index in [9.17, 15) is 9.90 Å². The predicted molar refractivity (Wildman–Crippen MR) is 109 cm³/mol. The first-order valence-corrected chi connectivity index (χ1v) is 10.2. The maximum Gasteiger partial charge on any atom is 0.228 e. The van der Waals surface area contributed by atoms with Crippen molar-refractivity contribution < 1.29 is 14.6 Å². The Hall–Kier alpha value is -2.93. The number of fused-ring (bicyclic) bond motifs is 1. The SMILES string of the molecule is Cc1cc(-c2ccn3nc(NC(=O)C4CC4)cc3c2)c(O[C@@H]2CC[C@H](O)C2)cn1. The summed E-state index contributed by atoms with van der Waals surface area (Å²) in [6.07, 6.45) is 7.57. The van der Waals surface area contributed by atoms with Crippen molar-refractivity contribution in [3.63, 3.8) is 0 Å². The molecule has 2 atom stereocenters. The van der Waals surface area contributed by atoms with Gasteiger partial charge in [-0.15, -0.1) is 0 Å². The lowest BCUT2D eigenvalue weighted by Crippen LogP contribution is -2.14. The first-order valence-electron chi connectivity index (χ1n) is 10.2. The molecular formula is C22H24N4O3. The average Bonchev–Trinajstić information content (AvgIpc) is 3.36. The first-order chi connectivity index (χ1) is 14.0. The van der Waals surface area contributed by atoms with Crippen molar-refractivity contribution in [2.24, 2.45) is 5.92 Å². The third kappa shape index (κ3) is 3.82. The van der Waals surface area contributed by atoms with E-state index in [1.165, 1.54) is 0 Å². The standard InChI is InChI=1S/C22H24N4O3/c1-13-8-19(20(12-23-13)29-18-5-4-17(27)11-18)15-6-7-26-16(9-15)10-21(25-26)24-22(28)14-2-3-14/h6-10,12,14,17-18,27H,2-5,11H2,1H3,(H,24,25,28)/t17-,18+/m0/s1. The van der Waals surface area contributed by atoms with Crippen molar-refractivity contribution >= 4 is 17.2 Å². The van der Waals surface area contributed by atoms with Crippen LogP contribution in [-0.2, 0) is 4.79 Å². The molecule has 2 fully saturated rings. The summed E-state index contributed by atoms with van der Waals surface area (Å²) in [7, 11) is 0. The third-order valence-electron chi connectivity index (χ3n) is 5.63. The van der Waals surface area contributed by atoms with Crippen LogP contribution in [0.5, 0.6) is 5.75 Å². The Balaban J connectivity index is 1.44. The Morgan fingerprint density at radius 3 is 2.86 bits per heavy atom. The highest BCUT2D eigenvalue weighted by molar-refractivity contribution is 5.93. The molecule has 3 aromatic heterocycles. The van der Waals surface area contributed by atoms with Gasteiger partial charge in [-0.05, 0) is 56.4 Å². The van der Waals surface area contributed by atoms with Gasteiger partial charge in [0, 0.05) is 35.9 Å². The van der Waals surface area contributed by atoms with Gasteiger partial charge in [-0.2, -0.15) is 5.10 Å². The number of nitrogens with zero attached hydrogens (tertiary/aromatic N) is 3. The van der Waals surface area contributed by atoms with E-state index in [1.54, 1.807) is 10.7 Å². The molecule has 0 saturated heterocycles. The highest BCUT2D eigenvalue weighted by Crippen LogP contribution is 2.34. The fourth-order valence-corrected chi connectivity index (χ4v) is 3.87. The summed E-state index contributed by atoms with van der Waals surface area (Å²) in [6, 6.07) is 7.91. The number of hydrogen-bond acceptors (Lipinski definition) is 5. The lowest BCUT2D eigenvalue weighted by atomic mass is 10.1. The molecule has 5 rings (SSSR count). The minimum absolute atomic E-state index is 0.0104. The lowest BCUT2D eigenvalue weighted by molar-refractivity contribution is -0.117. The smallest absolute Gasteiger partial charge is 0.228 e. The molecule has 1 amide bonds. The van der Waals surface area contributed by atoms with Gasteiger partial charge in [0.05, 0.1) is 17.8 Å². The van der Waals surface area contributed by atoms with Crippen LogP contribution in [0.25, 0.3) is 16.6 Å². The Morgan fingerprint density at radius 2 is 2.10 bits per heavy atom. The molecule has 2 N–H and O–H groups in total. The van der Waals surface area contributed by atoms with E-state index in [4.69, 9.17) is 4.74 Å². The number of aromatic nitrogens is 3. The van der Waals surface area contributed by atoms with Crippen molar-refractivity contribution in [1.82, 2.24) is 14.6 Å². The van der Waals surface area contributed by atoms with Crippen molar-refractivity contribution in [3.8, 4) is 16.9 Å². The molecule has 0 spiro atoms. The molecule has 2 aliphatic rings. The average molecular weight is 392 g/mol. The zero-order chi connectivity index (χ0) is 20.0. The van der Waals surface area contributed by atoms with E-state index < -0.39 is 0 Å². The number of ether oxygens (including phenoxy) is 1. The number of hydrogen-bond donors (Lipinski definition) is 2. The Kier molecular flexibility index (Phi) is 4.47. The van der Waals surface area contributed by atoms with Gasteiger partial charge >= 0.3 is 0 Å². The van der Waals surface area contributed by atoms with Gasteiger partial charge in [0.25, 0.3) is 0 Å². The summed E-state index contributed by atoms with van der Waals surface area (Å²) in [5.74, 6) is 1.49. The number of anilines is 1. The van der Waals surface area contributed by atoms with Crippen LogP contribution in [-0.4, -0.2) is 37.8 Å². The van der Waals surface area contributed by atoms with Crippen molar-refractivity contribution in [1.29, 1.82) is 0 Å². The van der Waals surface area contributed by atoms with Crippen molar-refractivity contribution in [2.75, 3.05) is 5.32 Å². The Labute approximate surface area is 168 Å². The highest BCUT2D eigenvalue weighted by atomic mass is 16.5. The fraction of sp³-hybridized carbons (Fsp3) is 0.409. The molecule has 0 unspecified atom stereocenters. The molecule has 0 aromatic carbocycles. The van der Waals surface area contributed by atoms with Crippen LogP contribution in [0.1, 0.15) is 37.8 Å². The summed E-state index contributed by atoms with van der Waals surface area (Å²) in [6.45, 7) is 1.95. The molecule has 150 valence electrons. The molecule has 3 aromatic rings. The fourth-order valence-electron chi connectivity index (χ4n) is 3.87. The molecule has 29 heavy (non-hydrogen) atoms. The van der Waals surface area contributed by atoms with E-state index in [1.807, 2.05) is 37.4 Å². The van der Waals surface area contributed by atoms with Gasteiger partial charge in [-0.1, -0.05) is 0 Å². The number of carbonyl (C=O) groups excluding carboxylic acids is 1. The van der Waals surface area contributed by atoms with Crippen LogP contribution in [0.4, 0.5) is 5.82 Å². The van der Waals surface area contributed by atoms with Crippen LogP contribution < -0.4 is 10.1 Å². The van der Waals surface area contributed by atoms with E-state index in [0.717, 1.165) is 53.8 Å². The Bertz CT molecular complexity index is 1070. The predicted octanol–water partition coefficient (Wildman–Crippen LogP) is 3.35. The quantitative estimate of drug-likeness (QED) is 0.695. The number of aliphatic hydroxyl groups excluding tert-OH is 1. The van der Waals surface area contributed by atoms with E-state index in [-0.39, 0.29) is 24.0 Å². The summed E-state index contributed by atoms with van der Waals surface area (Å²) in [5.41, 5.74) is 3.76. The monoisotopic (exact) mass is 392 g/mol. The Morgan fingerprint density at radius 1 is 1.24 bits per heavy atom. The molecular weight excluding hydrogens is 368 g/mol. The molecule has 7 heteroatoms. The van der Waals surface area contributed by atoms with Crippen LogP contribution in [0.3, 0.4) is 0 Å². The normalized spacial score (nSPS) is 21.4. The van der Waals surface area contributed by atoms with Crippen LogP contribution >= 0.6 is 0 Å². The summed E-state index contributed by atoms with van der Waals surface area (Å²) >= 11 is 0.